The molecule has 1 atom stereocenters. The molecule has 0 aliphatic rings. The number of hydrogen-bond acceptors (Lipinski definition) is 5. The second-order valence-electron chi connectivity index (χ2n) is 6.69. The highest BCUT2D eigenvalue weighted by Gasteiger charge is 2.18. The second-order valence-corrected chi connectivity index (χ2v) is 6.69. The lowest BCUT2D eigenvalue weighted by molar-refractivity contribution is -0.126. The maximum absolute atomic E-state index is 12.2. The van der Waals surface area contributed by atoms with Crippen LogP contribution in [0.5, 0.6) is 0 Å². The van der Waals surface area contributed by atoms with E-state index in [0.717, 1.165) is 10.6 Å². The number of hydrogen-bond donors (Lipinski definition) is 1. The molecule has 2 aromatic heterocycles. The third kappa shape index (κ3) is 4.86. The quantitative estimate of drug-likeness (QED) is 0.840. The fraction of sp³-hybridized carbons (Fsp3) is 0.412. The van der Waals surface area contributed by atoms with Crippen molar-refractivity contribution in [1.82, 2.24) is 19.8 Å². The molecule has 1 unspecified atom stereocenters. The summed E-state index contributed by atoms with van der Waals surface area (Å²) in [7, 11) is 5.77. The van der Waals surface area contributed by atoms with Crippen LogP contribution >= 0.6 is 0 Å². The minimum Gasteiger partial charge on any atom is -0.394 e. The van der Waals surface area contributed by atoms with Crippen molar-refractivity contribution < 1.29 is 9.90 Å². The fourth-order valence-corrected chi connectivity index (χ4v) is 2.08. The summed E-state index contributed by atoms with van der Waals surface area (Å²) in [6.07, 6.45) is 5.63. The number of carbonyl (C=O) groups excluding carboxylic acids is 1. The molecule has 1 amide bonds. The SMILES string of the molecule is [B]N(CC(O)c1cccnc1)C(=O)Cc1cnc(C(C)(C)C)nc1. The van der Waals surface area contributed by atoms with E-state index in [1.807, 2.05) is 20.8 Å². The lowest BCUT2D eigenvalue weighted by atomic mass is 9.95. The standard InChI is InChI=1S/C17H21BN4O2/c1-17(2,3)16-20-8-12(9-21-16)7-15(24)22(18)11-14(23)13-5-4-6-19-10-13/h4-6,8-10,14,23H,7,11H2,1-3H3. The van der Waals surface area contributed by atoms with E-state index in [2.05, 4.69) is 15.0 Å². The van der Waals surface area contributed by atoms with Crippen molar-refractivity contribution in [1.29, 1.82) is 0 Å². The molecule has 2 rings (SSSR count). The van der Waals surface area contributed by atoms with Crippen LogP contribution in [0.1, 0.15) is 43.8 Å². The van der Waals surface area contributed by atoms with E-state index in [1.165, 1.54) is 0 Å². The van der Waals surface area contributed by atoms with Gasteiger partial charge in [-0.25, -0.2) is 9.97 Å². The summed E-state index contributed by atoms with van der Waals surface area (Å²) in [6.45, 7) is 6.06. The number of aromatic nitrogens is 3. The number of aliphatic hydroxyl groups is 1. The molecule has 0 bridgehead atoms. The van der Waals surface area contributed by atoms with Crippen molar-refractivity contribution in [3.8, 4) is 0 Å². The Balaban J connectivity index is 1.94. The third-order valence-electron chi connectivity index (χ3n) is 3.49. The number of rotatable bonds is 5. The summed E-state index contributed by atoms with van der Waals surface area (Å²) < 4.78 is 0. The smallest absolute Gasteiger partial charge is 0.230 e. The van der Waals surface area contributed by atoms with E-state index in [-0.39, 0.29) is 24.3 Å². The molecule has 0 saturated heterocycles. The Morgan fingerprint density at radius 1 is 1.29 bits per heavy atom. The van der Waals surface area contributed by atoms with Gasteiger partial charge in [0.25, 0.3) is 0 Å². The van der Waals surface area contributed by atoms with Gasteiger partial charge in [-0.2, -0.15) is 0 Å². The van der Waals surface area contributed by atoms with Crippen LogP contribution in [-0.2, 0) is 16.6 Å². The van der Waals surface area contributed by atoms with Gasteiger partial charge < -0.3 is 9.92 Å². The summed E-state index contributed by atoms with van der Waals surface area (Å²) >= 11 is 0. The van der Waals surface area contributed by atoms with E-state index in [4.69, 9.17) is 7.98 Å². The van der Waals surface area contributed by atoms with Crippen LogP contribution in [0.25, 0.3) is 0 Å². The number of pyridine rings is 1. The van der Waals surface area contributed by atoms with E-state index >= 15 is 0 Å². The zero-order chi connectivity index (χ0) is 17.7. The Bertz CT molecular complexity index is 671. The fourth-order valence-electron chi connectivity index (χ4n) is 2.08. The predicted molar refractivity (Wildman–Crippen MR) is 91.1 cm³/mol. The Kier molecular flexibility index (Phi) is 5.67. The van der Waals surface area contributed by atoms with Gasteiger partial charge in [-0.1, -0.05) is 26.8 Å². The van der Waals surface area contributed by atoms with Gasteiger partial charge in [0.05, 0.1) is 12.5 Å². The number of amides is 1. The van der Waals surface area contributed by atoms with E-state index in [0.29, 0.717) is 11.1 Å². The van der Waals surface area contributed by atoms with Gasteiger partial charge in [0.15, 0.2) is 0 Å². The van der Waals surface area contributed by atoms with Crippen LogP contribution in [-0.4, -0.2) is 45.3 Å². The zero-order valence-corrected chi connectivity index (χ0v) is 14.2. The molecule has 0 aliphatic carbocycles. The van der Waals surface area contributed by atoms with Crippen LogP contribution in [0.2, 0.25) is 0 Å². The molecule has 0 aromatic carbocycles. The molecule has 2 radical (unpaired) electrons. The highest BCUT2D eigenvalue weighted by molar-refractivity contribution is 6.14. The molecule has 24 heavy (non-hydrogen) atoms. The monoisotopic (exact) mass is 324 g/mol. The van der Waals surface area contributed by atoms with Crippen molar-refractivity contribution in [3.05, 3.63) is 53.9 Å². The lowest BCUT2D eigenvalue weighted by Crippen LogP contribution is -2.33. The van der Waals surface area contributed by atoms with Gasteiger partial charge in [0.2, 0.25) is 13.9 Å². The van der Waals surface area contributed by atoms with E-state index < -0.39 is 6.10 Å². The molecule has 0 aliphatic heterocycles. The lowest BCUT2D eigenvalue weighted by Gasteiger charge is -2.22. The molecule has 6 nitrogen and oxygen atoms in total. The minimum absolute atomic E-state index is 0.00847. The molecule has 0 spiro atoms. The summed E-state index contributed by atoms with van der Waals surface area (Å²) in [5.74, 6) is 0.403. The van der Waals surface area contributed by atoms with Crippen molar-refractivity contribution in [3.63, 3.8) is 0 Å². The van der Waals surface area contributed by atoms with Crippen molar-refractivity contribution >= 4 is 13.9 Å². The van der Waals surface area contributed by atoms with Crippen molar-refractivity contribution in [2.75, 3.05) is 6.54 Å². The van der Waals surface area contributed by atoms with Gasteiger partial charge in [-0.05, 0) is 11.6 Å². The van der Waals surface area contributed by atoms with E-state index in [9.17, 15) is 9.90 Å². The highest BCUT2D eigenvalue weighted by atomic mass is 16.3. The highest BCUT2D eigenvalue weighted by Crippen LogP contribution is 2.17. The average molecular weight is 324 g/mol. The van der Waals surface area contributed by atoms with Gasteiger partial charge >= 0.3 is 0 Å². The first-order chi connectivity index (χ1) is 11.3. The maximum atomic E-state index is 12.2. The molecular weight excluding hydrogens is 303 g/mol. The number of carbonyl (C=O) groups is 1. The largest absolute Gasteiger partial charge is 0.394 e. The minimum atomic E-state index is -0.882. The third-order valence-corrected chi connectivity index (χ3v) is 3.49. The molecule has 1 N–H and O–H groups in total. The zero-order valence-electron chi connectivity index (χ0n) is 14.2. The topological polar surface area (TPSA) is 79.2 Å². The van der Waals surface area contributed by atoms with Crippen LogP contribution in [0.15, 0.2) is 36.9 Å². The number of nitrogens with zero attached hydrogens (tertiary/aromatic N) is 4. The Morgan fingerprint density at radius 3 is 2.50 bits per heavy atom. The summed E-state index contributed by atoms with van der Waals surface area (Å²) in [4.78, 5) is 25.7. The maximum Gasteiger partial charge on any atom is 0.230 e. The molecule has 2 heterocycles. The first kappa shape index (κ1) is 18.1. The summed E-state index contributed by atoms with van der Waals surface area (Å²) in [6, 6.07) is 3.45. The van der Waals surface area contributed by atoms with Crippen LogP contribution in [0, 0.1) is 0 Å². The van der Waals surface area contributed by atoms with Crippen molar-refractivity contribution in [2.45, 2.75) is 38.7 Å². The van der Waals surface area contributed by atoms with Gasteiger partial charge in [-0.15, -0.1) is 0 Å². The Labute approximate surface area is 143 Å². The van der Waals surface area contributed by atoms with Crippen LogP contribution < -0.4 is 0 Å². The summed E-state index contributed by atoms with van der Waals surface area (Å²) in [5, 5.41) is 10.1. The molecule has 124 valence electrons. The first-order valence-corrected chi connectivity index (χ1v) is 7.72. The van der Waals surface area contributed by atoms with Gasteiger partial charge in [-0.3, -0.25) is 9.78 Å². The number of aliphatic hydroxyl groups excluding tert-OH is 1. The Morgan fingerprint density at radius 2 is 1.96 bits per heavy atom. The average Bonchev–Trinajstić information content (AvgIpc) is 2.55. The molecule has 7 heteroatoms. The second kappa shape index (κ2) is 7.53. The first-order valence-electron chi connectivity index (χ1n) is 7.72. The van der Waals surface area contributed by atoms with Gasteiger partial charge in [0.1, 0.15) is 5.82 Å². The molecule has 0 fully saturated rings. The molecule has 0 saturated carbocycles. The van der Waals surface area contributed by atoms with E-state index in [1.54, 1.807) is 36.9 Å². The normalized spacial score (nSPS) is 12.7. The predicted octanol–water partition coefficient (Wildman–Crippen LogP) is 1.36. The van der Waals surface area contributed by atoms with Crippen LogP contribution in [0.4, 0.5) is 0 Å². The summed E-state index contributed by atoms with van der Waals surface area (Å²) in [5.41, 5.74) is 1.15. The molecular formula is C17H21BN4O2. The Hall–Kier alpha value is -2.28. The van der Waals surface area contributed by atoms with Crippen LogP contribution in [0.3, 0.4) is 0 Å². The molecule has 2 aromatic rings. The van der Waals surface area contributed by atoms with Gasteiger partial charge in [0, 0.05) is 42.3 Å². The van der Waals surface area contributed by atoms with Crippen molar-refractivity contribution in [2.24, 2.45) is 0 Å².